The highest BCUT2D eigenvalue weighted by Gasteiger charge is 2.47. The van der Waals surface area contributed by atoms with Crippen molar-refractivity contribution in [1.82, 2.24) is 10.2 Å². The Bertz CT molecular complexity index is 688. The fraction of sp³-hybridized carbons (Fsp3) is 0.529. The van der Waals surface area contributed by atoms with Gasteiger partial charge in [0.25, 0.3) is 0 Å². The maximum absolute atomic E-state index is 13.5. The minimum atomic E-state index is -1.22. The summed E-state index contributed by atoms with van der Waals surface area (Å²) in [6.07, 6.45) is 3.03. The Morgan fingerprint density at radius 2 is 2.00 bits per heavy atom. The monoisotopic (exact) mass is 337 g/mol. The molecule has 1 aliphatic carbocycles. The summed E-state index contributed by atoms with van der Waals surface area (Å²) in [5.74, 6) is -2.96. The molecule has 0 aromatic heterocycles. The van der Waals surface area contributed by atoms with Crippen LogP contribution in [-0.4, -0.2) is 29.4 Å². The van der Waals surface area contributed by atoms with Gasteiger partial charge in [0.05, 0.1) is 6.07 Å². The highest BCUT2D eigenvalue weighted by Crippen LogP contribution is 2.42. The van der Waals surface area contributed by atoms with Crippen molar-refractivity contribution >= 4 is 5.91 Å². The van der Waals surface area contributed by atoms with Gasteiger partial charge in [-0.05, 0) is 31.2 Å². The minimum Gasteiger partial charge on any atom is -0.323 e. The fourth-order valence-corrected chi connectivity index (χ4v) is 3.76. The third kappa shape index (κ3) is 3.11. The molecule has 0 radical (unpaired) electrons. The average Bonchev–Trinajstić information content (AvgIpc) is 3.16. The number of halogens is 3. The van der Waals surface area contributed by atoms with Gasteiger partial charge in [0.1, 0.15) is 11.9 Å². The molecule has 1 saturated heterocycles. The number of carbonyl (C=O) groups excluding carboxylic acids is 1. The third-order valence-corrected chi connectivity index (χ3v) is 4.93. The number of fused-ring (bicyclic) bond motifs is 2. The number of rotatable bonds is 5. The standard InChI is InChI=1S/C17H18F3N3O/c18-13-7-15(20)14(19)6-11(13)9-22-4-3-17(24)23-12-2-1-10(5-12)16(23)8-21/h6-7,10,12,16,22H,1-5,9H2. The number of benzene rings is 1. The first-order chi connectivity index (χ1) is 11.5. The predicted octanol–water partition coefficient (Wildman–Crippen LogP) is 2.49. The van der Waals surface area contributed by atoms with Crippen LogP contribution in [0.4, 0.5) is 13.2 Å². The van der Waals surface area contributed by atoms with Gasteiger partial charge in [0, 0.05) is 37.2 Å². The Labute approximate surface area is 138 Å². The molecule has 1 amide bonds. The molecule has 3 unspecified atom stereocenters. The van der Waals surface area contributed by atoms with Crippen molar-refractivity contribution < 1.29 is 18.0 Å². The van der Waals surface area contributed by atoms with Crippen molar-refractivity contribution in [3.05, 3.63) is 35.1 Å². The maximum Gasteiger partial charge on any atom is 0.225 e. The summed E-state index contributed by atoms with van der Waals surface area (Å²) in [6, 6.07) is 3.37. The number of amides is 1. The Hall–Kier alpha value is -2.07. The van der Waals surface area contributed by atoms with Gasteiger partial charge >= 0.3 is 0 Å². The molecule has 1 aromatic carbocycles. The molecule has 2 aliphatic rings. The van der Waals surface area contributed by atoms with E-state index in [2.05, 4.69) is 11.4 Å². The van der Waals surface area contributed by atoms with Crippen molar-refractivity contribution in [2.75, 3.05) is 6.54 Å². The fourth-order valence-electron chi connectivity index (χ4n) is 3.76. The first-order valence-electron chi connectivity index (χ1n) is 8.06. The molecule has 7 heteroatoms. The molecule has 2 fully saturated rings. The van der Waals surface area contributed by atoms with Crippen molar-refractivity contribution in [3.63, 3.8) is 0 Å². The van der Waals surface area contributed by atoms with Crippen molar-refractivity contribution in [1.29, 1.82) is 5.26 Å². The van der Waals surface area contributed by atoms with Crippen molar-refractivity contribution in [2.24, 2.45) is 5.92 Å². The van der Waals surface area contributed by atoms with Crippen molar-refractivity contribution in [3.8, 4) is 6.07 Å². The number of piperidine rings is 1. The van der Waals surface area contributed by atoms with Gasteiger partial charge in [-0.25, -0.2) is 13.2 Å². The maximum atomic E-state index is 13.5. The number of hydrogen-bond acceptors (Lipinski definition) is 3. The van der Waals surface area contributed by atoms with Crippen LogP contribution in [0.2, 0.25) is 0 Å². The number of nitrogens with zero attached hydrogens (tertiary/aromatic N) is 2. The van der Waals surface area contributed by atoms with E-state index in [1.54, 1.807) is 4.90 Å². The topological polar surface area (TPSA) is 56.1 Å². The van der Waals surface area contributed by atoms with Gasteiger partial charge in [-0.1, -0.05) is 0 Å². The number of nitrogens with one attached hydrogen (secondary N) is 1. The van der Waals surface area contributed by atoms with Crippen LogP contribution in [0.5, 0.6) is 0 Å². The lowest BCUT2D eigenvalue weighted by atomic mass is 10.00. The number of nitriles is 1. The molecule has 24 heavy (non-hydrogen) atoms. The molecule has 2 bridgehead atoms. The van der Waals surface area contributed by atoms with Gasteiger partial charge in [-0.2, -0.15) is 5.26 Å². The Morgan fingerprint density at radius 3 is 2.75 bits per heavy atom. The summed E-state index contributed by atoms with van der Waals surface area (Å²) in [6.45, 7) is 0.285. The molecule has 0 spiro atoms. The normalized spacial score (nSPS) is 25.1. The molecule has 1 aromatic rings. The minimum absolute atomic E-state index is 0.00401. The van der Waals surface area contributed by atoms with Crippen LogP contribution in [0.3, 0.4) is 0 Å². The van der Waals surface area contributed by atoms with E-state index in [1.807, 2.05) is 0 Å². The van der Waals surface area contributed by atoms with Crippen LogP contribution in [0.15, 0.2) is 12.1 Å². The molecule has 4 nitrogen and oxygen atoms in total. The molecule has 128 valence electrons. The lowest BCUT2D eigenvalue weighted by Crippen LogP contribution is -2.45. The second kappa shape index (κ2) is 6.81. The molecule has 3 atom stereocenters. The lowest BCUT2D eigenvalue weighted by Gasteiger charge is -2.31. The summed E-state index contributed by atoms with van der Waals surface area (Å²) in [5.41, 5.74) is 0.0106. The summed E-state index contributed by atoms with van der Waals surface area (Å²) in [5, 5.41) is 12.1. The van der Waals surface area contributed by atoms with E-state index in [0.717, 1.165) is 25.3 Å². The van der Waals surface area contributed by atoms with E-state index in [4.69, 9.17) is 0 Å². The van der Waals surface area contributed by atoms with Crippen LogP contribution in [-0.2, 0) is 11.3 Å². The summed E-state index contributed by atoms with van der Waals surface area (Å²) in [4.78, 5) is 14.0. The molecular formula is C17H18F3N3O. The Kier molecular flexibility index (Phi) is 4.76. The highest BCUT2D eigenvalue weighted by atomic mass is 19.2. The van der Waals surface area contributed by atoms with Gasteiger partial charge in [-0.3, -0.25) is 4.79 Å². The Morgan fingerprint density at radius 1 is 1.25 bits per heavy atom. The molecule has 1 aliphatic heterocycles. The predicted molar refractivity (Wildman–Crippen MR) is 80.0 cm³/mol. The van der Waals surface area contributed by atoms with E-state index < -0.39 is 17.5 Å². The lowest BCUT2D eigenvalue weighted by molar-refractivity contribution is -0.134. The summed E-state index contributed by atoms with van der Waals surface area (Å²) in [7, 11) is 0. The van der Waals surface area contributed by atoms with Gasteiger partial charge < -0.3 is 10.2 Å². The zero-order valence-corrected chi connectivity index (χ0v) is 13.1. The zero-order valence-electron chi connectivity index (χ0n) is 13.1. The molecule has 1 N–H and O–H groups in total. The first-order valence-corrected chi connectivity index (χ1v) is 8.06. The molecule has 1 heterocycles. The molecule has 1 saturated carbocycles. The summed E-state index contributed by atoms with van der Waals surface area (Å²) >= 11 is 0. The van der Waals surface area contributed by atoms with Crippen LogP contribution >= 0.6 is 0 Å². The SMILES string of the molecule is N#CC1C2CCC(C2)N1C(=O)CCNCc1cc(F)c(F)cc1F. The van der Waals surface area contributed by atoms with Gasteiger partial charge in [0.2, 0.25) is 5.91 Å². The van der Waals surface area contributed by atoms with Gasteiger partial charge in [-0.15, -0.1) is 0 Å². The number of carbonyl (C=O) groups is 1. The quantitative estimate of drug-likeness (QED) is 0.663. The third-order valence-electron chi connectivity index (χ3n) is 4.93. The van der Waals surface area contributed by atoms with E-state index in [9.17, 15) is 23.2 Å². The number of hydrogen-bond donors (Lipinski definition) is 1. The Balaban J connectivity index is 1.50. The van der Waals surface area contributed by atoms with Gasteiger partial charge in [0.15, 0.2) is 11.6 Å². The second-order valence-electron chi connectivity index (χ2n) is 6.39. The van der Waals surface area contributed by atoms with E-state index in [0.29, 0.717) is 6.07 Å². The molecular weight excluding hydrogens is 319 g/mol. The van der Waals surface area contributed by atoms with Crippen LogP contribution in [0.1, 0.15) is 31.2 Å². The zero-order chi connectivity index (χ0) is 17.3. The van der Waals surface area contributed by atoms with Crippen LogP contribution < -0.4 is 5.32 Å². The summed E-state index contributed by atoms with van der Waals surface area (Å²) < 4.78 is 39.5. The van der Waals surface area contributed by atoms with Crippen LogP contribution in [0, 0.1) is 34.7 Å². The second-order valence-corrected chi connectivity index (χ2v) is 6.39. The van der Waals surface area contributed by atoms with E-state index in [-0.39, 0.29) is 49.0 Å². The van der Waals surface area contributed by atoms with Crippen LogP contribution in [0.25, 0.3) is 0 Å². The first kappa shape index (κ1) is 16.8. The highest BCUT2D eigenvalue weighted by molar-refractivity contribution is 5.78. The average molecular weight is 337 g/mol. The van der Waals surface area contributed by atoms with E-state index >= 15 is 0 Å². The molecule has 3 rings (SSSR count). The van der Waals surface area contributed by atoms with E-state index in [1.165, 1.54) is 0 Å². The number of likely N-dealkylation sites (tertiary alicyclic amines) is 1. The largest absolute Gasteiger partial charge is 0.323 e. The smallest absolute Gasteiger partial charge is 0.225 e. The van der Waals surface area contributed by atoms with Crippen molar-refractivity contribution in [2.45, 2.75) is 44.3 Å².